The van der Waals surface area contributed by atoms with Crippen molar-refractivity contribution in [2.45, 2.75) is 63.2 Å². The largest absolute Gasteiger partial charge is 0.216 e. The van der Waals surface area contributed by atoms with Crippen LogP contribution in [-0.2, 0) is 20.0 Å². The molecule has 0 bridgehead atoms. The molecule has 0 unspecified atom stereocenters. The van der Waals surface area contributed by atoms with Crippen LogP contribution >= 0.6 is 0 Å². The van der Waals surface area contributed by atoms with Gasteiger partial charge < -0.3 is 0 Å². The van der Waals surface area contributed by atoms with Crippen molar-refractivity contribution >= 4 is 20.0 Å². The average molecular weight is 338 g/mol. The van der Waals surface area contributed by atoms with Gasteiger partial charge >= 0.3 is 0 Å². The topological polar surface area (TPSA) is 83.6 Å². The molecule has 0 aromatic carbocycles. The van der Waals surface area contributed by atoms with Crippen LogP contribution in [0.2, 0.25) is 0 Å². The van der Waals surface area contributed by atoms with Gasteiger partial charge in [-0.15, -0.1) is 0 Å². The lowest BCUT2D eigenvalue weighted by Crippen LogP contribution is -2.50. The van der Waals surface area contributed by atoms with E-state index >= 15 is 0 Å². The molecule has 2 rings (SSSR count). The Morgan fingerprint density at radius 1 is 1.05 bits per heavy atom. The lowest BCUT2D eigenvalue weighted by Gasteiger charge is -2.32. The molecule has 6 nitrogen and oxygen atoms in total. The monoisotopic (exact) mass is 338 g/mol. The minimum atomic E-state index is -3.43. The Labute approximate surface area is 128 Å². The summed E-state index contributed by atoms with van der Waals surface area (Å²) in [5.41, 5.74) is 0. The zero-order valence-corrected chi connectivity index (χ0v) is 14.3. The van der Waals surface area contributed by atoms with Gasteiger partial charge in [0.2, 0.25) is 20.0 Å². The van der Waals surface area contributed by atoms with E-state index in [9.17, 15) is 16.8 Å². The van der Waals surface area contributed by atoms with Gasteiger partial charge in [0.05, 0.1) is 11.0 Å². The summed E-state index contributed by atoms with van der Waals surface area (Å²) in [6, 6.07) is 0.0395. The van der Waals surface area contributed by atoms with Gasteiger partial charge in [-0.05, 0) is 32.1 Å². The zero-order chi connectivity index (χ0) is 15.5. The van der Waals surface area contributed by atoms with Crippen molar-refractivity contribution in [3.63, 3.8) is 0 Å². The van der Waals surface area contributed by atoms with Gasteiger partial charge in [0.1, 0.15) is 0 Å². The van der Waals surface area contributed by atoms with Crippen LogP contribution in [0.15, 0.2) is 0 Å². The molecule has 0 aromatic heterocycles. The summed E-state index contributed by atoms with van der Waals surface area (Å²) in [5, 5.41) is -0.613. The fraction of sp³-hybridized carbons (Fsp3) is 1.00. The summed E-state index contributed by atoms with van der Waals surface area (Å²) in [6.07, 6.45) is 5.62. The van der Waals surface area contributed by atoms with Crippen LogP contribution in [0.25, 0.3) is 0 Å². The highest BCUT2D eigenvalue weighted by atomic mass is 32.2. The molecule has 0 aromatic rings. The van der Waals surface area contributed by atoms with Gasteiger partial charge in [-0.3, -0.25) is 0 Å². The molecule has 1 heterocycles. The van der Waals surface area contributed by atoms with E-state index in [4.69, 9.17) is 0 Å². The van der Waals surface area contributed by atoms with E-state index in [0.29, 0.717) is 25.8 Å². The average Bonchev–Trinajstić information content (AvgIpc) is 2.91. The van der Waals surface area contributed by atoms with Gasteiger partial charge in [0, 0.05) is 19.1 Å². The van der Waals surface area contributed by atoms with Crippen LogP contribution in [0, 0.1) is 0 Å². The normalized spacial score (nSPS) is 26.2. The Balaban J connectivity index is 2.02. The third kappa shape index (κ3) is 4.40. The summed E-state index contributed by atoms with van der Waals surface area (Å²) in [6.45, 7) is 2.36. The molecular weight excluding hydrogens is 312 g/mol. The van der Waals surface area contributed by atoms with Crippen molar-refractivity contribution in [1.29, 1.82) is 0 Å². The predicted molar refractivity (Wildman–Crippen MR) is 83.0 cm³/mol. The molecule has 0 radical (unpaired) electrons. The van der Waals surface area contributed by atoms with Crippen molar-refractivity contribution in [3.8, 4) is 0 Å². The minimum absolute atomic E-state index is 0.0395. The summed E-state index contributed by atoms with van der Waals surface area (Å²) < 4.78 is 53.2. The highest BCUT2D eigenvalue weighted by Gasteiger charge is 2.36. The molecule has 1 atom stereocenters. The Hall–Kier alpha value is -0.180. The maximum absolute atomic E-state index is 12.4. The van der Waals surface area contributed by atoms with E-state index in [2.05, 4.69) is 4.72 Å². The van der Waals surface area contributed by atoms with Crippen LogP contribution in [0.3, 0.4) is 0 Å². The highest BCUT2D eigenvalue weighted by molar-refractivity contribution is 7.90. The number of sulfonamides is 2. The van der Waals surface area contributed by atoms with E-state index in [-0.39, 0.29) is 18.3 Å². The third-order valence-corrected chi connectivity index (χ3v) is 8.29. The van der Waals surface area contributed by atoms with Crippen LogP contribution in [-0.4, -0.2) is 51.3 Å². The van der Waals surface area contributed by atoms with Gasteiger partial charge in [-0.25, -0.2) is 25.9 Å². The fourth-order valence-corrected chi connectivity index (χ4v) is 6.60. The number of nitrogens with one attached hydrogen (secondary N) is 1. The van der Waals surface area contributed by atoms with E-state index in [0.717, 1.165) is 25.7 Å². The Bertz CT molecular complexity index is 539. The molecule has 1 N–H and O–H groups in total. The first-order chi connectivity index (χ1) is 9.85. The summed E-state index contributed by atoms with van der Waals surface area (Å²) >= 11 is 0. The molecule has 2 fully saturated rings. The standard InChI is InChI=1S/C13H26N2O4S2/c1-2-10-20(16,17)15-9-5-8-13(11-15)21(18,19)14-12-6-3-4-7-12/h12-14H,2-11H2,1H3/t13-/m0/s1. The van der Waals surface area contributed by atoms with Crippen molar-refractivity contribution in [2.75, 3.05) is 18.8 Å². The van der Waals surface area contributed by atoms with Crippen molar-refractivity contribution < 1.29 is 16.8 Å². The van der Waals surface area contributed by atoms with Gasteiger partial charge in [-0.2, -0.15) is 0 Å². The first kappa shape index (κ1) is 17.2. The molecule has 8 heteroatoms. The van der Waals surface area contributed by atoms with Crippen LogP contribution in [0.5, 0.6) is 0 Å². The minimum Gasteiger partial charge on any atom is -0.212 e. The molecule has 1 aliphatic heterocycles. The molecule has 0 amide bonds. The molecule has 2 aliphatic rings. The van der Waals surface area contributed by atoms with E-state index < -0.39 is 25.3 Å². The second kappa shape index (κ2) is 6.93. The quantitative estimate of drug-likeness (QED) is 0.785. The number of nitrogens with zero attached hydrogens (tertiary/aromatic N) is 1. The Morgan fingerprint density at radius 3 is 2.33 bits per heavy atom. The van der Waals surface area contributed by atoms with E-state index in [1.807, 2.05) is 6.92 Å². The van der Waals surface area contributed by atoms with Crippen LogP contribution in [0.4, 0.5) is 0 Å². The number of hydrogen-bond acceptors (Lipinski definition) is 4. The lowest BCUT2D eigenvalue weighted by molar-refractivity contribution is 0.343. The van der Waals surface area contributed by atoms with Crippen LogP contribution in [0.1, 0.15) is 51.9 Å². The first-order valence-electron chi connectivity index (χ1n) is 7.84. The first-order valence-corrected chi connectivity index (χ1v) is 11.0. The zero-order valence-electron chi connectivity index (χ0n) is 12.6. The predicted octanol–water partition coefficient (Wildman–Crippen LogP) is 1.05. The second-order valence-corrected chi connectivity index (χ2v) is 10.2. The second-order valence-electron chi connectivity index (χ2n) is 6.08. The van der Waals surface area contributed by atoms with Crippen molar-refractivity contribution in [3.05, 3.63) is 0 Å². The molecular formula is C13H26N2O4S2. The number of hydrogen-bond donors (Lipinski definition) is 1. The van der Waals surface area contributed by atoms with Gasteiger partial charge in [0.25, 0.3) is 0 Å². The summed E-state index contributed by atoms with van der Waals surface area (Å²) in [4.78, 5) is 0. The summed E-state index contributed by atoms with van der Waals surface area (Å²) in [5.74, 6) is 0.0931. The number of rotatable bonds is 6. The molecule has 1 saturated carbocycles. The van der Waals surface area contributed by atoms with Crippen molar-refractivity contribution in [1.82, 2.24) is 9.03 Å². The van der Waals surface area contributed by atoms with Gasteiger partial charge in [0.15, 0.2) is 0 Å². The molecule has 124 valence electrons. The van der Waals surface area contributed by atoms with Crippen molar-refractivity contribution in [2.24, 2.45) is 0 Å². The summed E-state index contributed by atoms with van der Waals surface area (Å²) in [7, 11) is -6.74. The molecule has 1 saturated heterocycles. The molecule has 0 spiro atoms. The Morgan fingerprint density at radius 2 is 1.71 bits per heavy atom. The lowest BCUT2D eigenvalue weighted by atomic mass is 10.2. The molecule has 21 heavy (non-hydrogen) atoms. The maximum atomic E-state index is 12.4. The van der Waals surface area contributed by atoms with Gasteiger partial charge in [-0.1, -0.05) is 19.8 Å². The smallest absolute Gasteiger partial charge is 0.212 e. The Kier molecular flexibility index (Phi) is 5.67. The van der Waals surface area contributed by atoms with E-state index in [1.165, 1.54) is 4.31 Å². The number of piperidine rings is 1. The third-order valence-electron chi connectivity index (χ3n) is 4.32. The van der Waals surface area contributed by atoms with E-state index in [1.54, 1.807) is 0 Å². The molecule has 1 aliphatic carbocycles. The maximum Gasteiger partial charge on any atom is 0.216 e. The van der Waals surface area contributed by atoms with Crippen LogP contribution < -0.4 is 4.72 Å². The highest BCUT2D eigenvalue weighted by Crippen LogP contribution is 2.23. The fourth-order valence-electron chi connectivity index (χ4n) is 3.17. The SMILES string of the molecule is CCCS(=O)(=O)N1CCC[C@H](S(=O)(=O)NC2CCCC2)C1.